The Morgan fingerprint density at radius 3 is 2.83 bits per heavy atom. The van der Waals surface area contributed by atoms with Gasteiger partial charge in [-0.1, -0.05) is 18.2 Å². The number of piperazine rings is 1. The molecule has 0 aromatic heterocycles. The molecule has 2 aliphatic heterocycles. The van der Waals surface area contributed by atoms with Gasteiger partial charge in [0.2, 0.25) is 0 Å². The number of carbonyl (C=O) groups excluding carboxylic acids is 1. The summed E-state index contributed by atoms with van der Waals surface area (Å²) in [5.74, 6) is 0.932. The van der Waals surface area contributed by atoms with Gasteiger partial charge in [0.25, 0.3) is 0 Å². The summed E-state index contributed by atoms with van der Waals surface area (Å²) in [6, 6.07) is 6.73. The van der Waals surface area contributed by atoms with Crippen molar-refractivity contribution in [1.82, 2.24) is 15.1 Å². The molecule has 1 unspecified atom stereocenters. The van der Waals surface area contributed by atoms with Crippen LogP contribution in [0.1, 0.15) is 24.0 Å². The first-order valence-corrected chi connectivity index (χ1v) is 8.61. The van der Waals surface area contributed by atoms with E-state index in [1.54, 1.807) is 0 Å². The normalized spacial score (nSPS) is 21.1. The Balaban J connectivity index is 1.41. The number of benzene rings is 1. The topological polar surface area (TPSA) is 44.8 Å². The third-order valence-corrected chi connectivity index (χ3v) is 4.91. The minimum atomic E-state index is 0.0432. The standard InChI is InChI=1S/C18H27N3O2/c1-14-5-3-6-15(2)17(14)23-12-8-19-18(22)21-11-10-20-9-4-7-16(20)13-21/h3,5-6,16H,4,7-13H2,1-2H3,(H,19,22). The highest BCUT2D eigenvalue weighted by atomic mass is 16.5. The fourth-order valence-corrected chi connectivity index (χ4v) is 3.63. The van der Waals surface area contributed by atoms with E-state index >= 15 is 0 Å². The Bertz CT molecular complexity index is 541. The Morgan fingerprint density at radius 1 is 1.26 bits per heavy atom. The van der Waals surface area contributed by atoms with Gasteiger partial charge in [0, 0.05) is 25.7 Å². The molecule has 0 bridgehead atoms. The van der Waals surface area contributed by atoms with Crippen LogP contribution >= 0.6 is 0 Å². The molecule has 0 spiro atoms. The van der Waals surface area contributed by atoms with Crippen LogP contribution in [0.3, 0.4) is 0 Å². The monoisotopic (exact) mass is 317 g/mol. The number of rotatable bonds is 4. The second-order valence-electron chi connectivity index (χ2n) is 6.58. The highest BCUT2D eigenvalue weighted by Crippen LogP contribution is 2.22. The fourth-order valence-electron chi connectivity index (χ4n) is 3.63. The van der Waals surface area contributed by atoms with Gasteiger partial charge >= 0.3 is 6.03 Å². The molecular formula is C18H27N3O2. The van der Waals surface area contributed by atoms with Crippen molar-refractivity contribution in [2.24, 2.45) is 0 Å². The van der Waals surface area contributed by atoms with E-state index in [1.807, 2.05) is 36.9 Å². The number of hydrogen-bond acceptors (Lipinski definition) is 3. The van der Waals surface area contributed by atoms with Crippen molar-refractivity contribution < 1.29 is 9.53 Å². The number of nitrogens with zero attached hydrogens (tertiary/aromatic N) is 2. The summed E-state index contributed by atoms with van der Waals surface area (Å²) in [5, 5.41) is 2.98. The third kappa shape index (κ3) is 3.78. The van der Waals surface area contributed by atoms with Crippen LogP contribution in [0.5, 0.6) is 5.75 Å². The van der Waals surface area contributed by atoms with E-state index in [2.05, 4.69) is 10.2 Å². The van der Waals surface area contributed by atoms with Gasteiger partial charge in [0.15, 0.2) is 0 Å². The SMILES string of the molecule is Cc1cccc(C)c1OCCNC(=O)N1CCN2CCCC2C1. The maximum Gasteiger partial charge on any atom is 0.317 e. The lowest BCUT2D eigenvalue weighted by atomic mass is 10.1. The molecule has 1 atom stereocenters. The molecule has 2 fully saturated rings. The van der Waals surface area contributed by atoms with Gasteiger partial charge in [-0.25, -0.2) is 4.79 Å². The quantitative estimate of drug-likeness (QED) is 0.866. The maximum atomic E-state index is 12.3. The molecule has 5 heteroatoms. The van der Waals surface area contributed by atoms with Crippen LogP contribution in [-0.4, -0.2) is 61.2 Å². The second-order valence-corrected chi connectivity index (χ2v) is 6.58. The van der Waals surface area contributed by atoms with Crippen LogP contribution in [0.15, 0.2) is 18.2 Å². The van der Waals surface area contributed by atoms with Gasteiger partial charge in [-0.2, -0.15) is 0 Å². The van der Waals surface area contributed by atoms with Crippen molar-refractivity contribution in [2.45, 2.75) is 32.7 Å². The first kappa shape index (κ1) is 16.1. The van der Waals surface area contributed by atoms with Crippen molar-refractivity contribution in [3.63, 3.8) is 0 Å². The summed E-state index contributed by atoms with van der Waals surface area (Å²) in [6.45, 7) is 9.03. The number of amides is 2. The zero-order chi connectivity index (χ0) is 16.2. The number of ether oxygens (including phenoxy) is 1. The minimum absolute atomic E-state index is 0.0432. The van der Waals surface area contributed by atoms with E-state index in [9.17, 15) is 4.79 Å². The van der Waals surface area contributed by atoms with Crippen molar-refractivity contribution in [3.8, 4) is 5.75 Å². The lowest BCUT2D eigenvalue weighted by Crippen LogP contribution is -2.54. The molecule has 126 valence electrons. The first-order chi connectivity index (χ1) is 11.1. The Morgan fingerprint density at radius 2 is 2.04 bits per heavy atom. The molecule has 0 saturated carbocycles. The summed E-state index contributed by atoms with van der Waals surface area (Å²) in [7, 11) is 0. The summed E-state index contributed by atoms with van der Waals surface area (Å²) >= 11 is 0. The van der Waals surface area contributed by atoms with Crippen molar-refractivity contribution >= 4 is 6.03 Å². The van der Waals surface area contributed by atoms with Crippen LogP contribution in [0.25, 0.3) is 0 Å². The molecule has 2 heterocycles. The number of hydrogen-bond donors (Lipinski definition) is 1. The Labute approximate surface area is 138 Å². The van der Waals surface area contributed by atoms with E-state index in [-0.39, 0.29) is 6.03 Å². The van der Waals surface area contributed by atoms with Crippen LogP contribution in [0, 0.1) is 13.8 Å². The summed E-state index contributed by atoms with van der Waals surface area (Å²) in [4.78, 5) is 16.7. The van der Waals surface area contributed by atoms with Gasteiger partial charge in [0.1, 0.15) is 12.4 Å². The van der Waals surface area contributed by atoms with Crippen LogP contribution in [0.2, 0.25) is 0 Å². The van der Waals surface area contributed by atoms with E-state index in [0.717, 1.165) is 36.5 Å². The molecule has 1 aromatic rings. The van der Waals surface area contributed by atoms with E-state index in [1.165, 1.54) is 19.4 Å². The zero-order valence-electron chi connectivity index (χ0n) is 14.2. The zero-order valence-corrected chi connectivity index (χ0v) is 14.2. The predicted octanol–water partition coefficient (Wildman–Crippen LogP) is 2.17. The minimum Gasteiger partial charge on any atom is -0.491 e. The van der Waals surface area contributed by atoms with Gasteiger partial charge in [-0.15, -0.1) is 0 Å². The van der Waals surface area contributed by atoms with Crippen LogP contribution in [0.4, 0.5) is 4.79 Å². The van der Waals surface area contributed by atoms with E-state index in [4.69, 9.17) is 4.74 Å². The number of nitrogens with one attached hydrogen (secondary N) is 1. The van der Waals surface area contributed by atoms with Crippen molar-refractivity contribution in [3.05, 3.63) is 29.3 Å². The van der Waals surface area contributed by atoms with Crippen molar-refractivity contribution in [2.75, 3.05) is 39.3 Å². The summed E-state index contributed by atoms with van der Waals surface area (Å²) in [6.07, 6.45) is 2.49. The molecule has 3 rings (SSSR count). The molecular weight excluding hydrogens is 290 g/mol. The molecule has 2 aliphatic rings. The molecule has 2 saturated heterocycles. The molecule has 0 aliphatic carbocycles. The highest BCUT2D eigenvalue weighted by molar-refractivity contribution is 5.74. The second kappa shape index (κ2) is 7.21. The fraction of sp³-hybridized carbons (Fsp3) is 0.611. The number of urea groups is 1. The van der Waals surface area contributed by atoms with Gasteiger partial charge in [-0.05, 0) is 44.4 Å². The number of aryl methyl sites for hydroxylation is 2. The van der Waals surface area contributed by atoms with Gasteiger partial charge in [0.05, 0.1) is 6.54 Å². The predicted molar refractivity (Wildman–Crippen MR) is 91.0 cm³/mol. The molecule has 0 radical (unpaired) electrons. The molecule has 5 nitrogen and oxygen atoms in total. The smallest absolute Gasteiger partial charge is 0.317 e. The maximum absolute atomic E-state index is 12.3. The first-order valence-electron chi connectivity index (χ1n) is 8.61. The van der Waals surface area contributed by atoms with E-state index in [0.29, 0.717) is 19.2 Å². The molecule has 23 heavy (non-hydrogen) atoms. The molecule has 2 amide bonds. The number of fused-ring (bicyclic) bond motifs is 1. The Kier molecular flexibility index (Phi) is 5.06. The molecule has 1 N–H and O–H groups in total. The Hall–Kier alpha value is -1.75. The van der Waals surface area contributed by atoms with Crippen LogP contribution < -0.4 is 10.1 Å². The number of carbonyl (C=O) groups is 1. The van der Waals surface area contributed by atoms with Gasteiger partial charge < -0.3 is 15.0 Å². The number of para-hydroxylation sites is 1. The lowest BCUT2D eigenvalue weighted by molar-refractivity contribution is 0.117. The van der Waals surface area contributed by atoms with Crippen LogP contribution in [-0.2, 0) is 0 Å². The lowest BCUT2D eigenvalue weighted by Gasteiger charge is -2.37. The third-order valence-electron chi connectivity index (χ3n) is 4.91. The molecule has 1 aromatic carbocycles. The largest absolute Gasteiger partial charge is 0.491 e. The average Bonchev–Trinajstić information content (AvgIpc) is 3.01. The average molecular weight is 317 g/mol. The van der Waals surface area contributed by atoms with Gasteiger partial charge in [-0.3, -0.25) is 4.90 Å². The van der Waals surface area contributed by atoms with Crippen molar-refractivity contribution in [1.29, 1.82) is 0 Å². The summed E-state index contributed by atoms with van der Waals surface area (Å²) in [5.41, 5.74) is 2.27. The summed E-state index contributed by atoms with van der Waals surface area (Å²) < 4.78 is 5.83. The highest BCUT2D eigenvalue weighted by Gasteiger charge is 2.32. The van der Waals surface area contributed by atoms with E-state index < -0.39 is 0 Å².